The van der Waals surface area contributed by atoms with Crippen LogP contribution in [0.25, 0.3) is 0 Å². The van der Waals surface area contributed by atoms with E-state index >= 15 is 0 Å². The number of ketones is 1. The van der Waals surface area contributed by atoms with Crippen molar-refractivity contribution in [3.8, 4) is 0 Å². The summed E-state index contributed by atoms with van der Waals surface area (Å²) in [7, 11) is 0. The number of fused-ring (bicyclic) bond motifs is 1. The molecule has 2 aliphatic rings. The molecule has 2 atom stereocenters. The van der Waals surface area contributed by atoms with Crippen molar-refractivity contribution in [2.45, 2.75) is 38.9 Å². The van der Waals surface area contributed by atoms with Crippen LogP contribution in [0.1, 0.15) is 37.8 Å². The van der Waals surface area contributed by atoms with Crippen LogP contribution < -0.4 is 5.43 Å². The third kappa shape index (κ3) is 2.51. The van der Waals surface area contributed by atoms with Gasteiger partial charge in [0.25, 0.3) is 0 Å². The van der Waals surface area contributed by atoms with E-state index in [0.717, 1.165) is 6.07 Å². The molecule has 1 saturated carbocycles. The molecule has 3 rings (SSSR count). The first-order valence-corrected chi connectivity index (χ1v) is 7.21. The van der Waals surface area contributed by atoms with Gasteiger partial charge in [0, 0.05) is 12.0 Å². The van der Waals surface area contributed by atoms with Gasteiger partial charge in [0.1, 0.15) is 5.78 Å². The van der Waals surface area contributed by atoms with Gasteiger partial charge in [-0.15, -0.1) is 0 Å². The Kier molecular flexibility index (Phi) is 3.30. The van der Waals surface area contributed by atoms with E-state index in [9.17, 15) is 18.0 Å². The molecule has 0 aromatic heterocycles. The van der Waals surface area contributed by atoms with Crippen LogP contribution >= 0.6 is 0 Å². The molecule has 1 aromatic rings. The second-order valence-corrected chi connectivity index (χ2v) is 6.77. The van der Waals surface area contributed by atoms with E-state index in [2.05, 4.69) is 10.5 Å². The monoisotopic (exact) mass is 310 g/mol. The molecule has 1 aliphatic carbocycles. The third-order valence-electron chi connectivity index (χ3n) is 4.33. The van der Waals surface area contributed by atoms with Crippen LogP contribution in [0.3, 0.4) is 0 Å². The van der Waals surface area contributed by atoms with Crippen LogP contribution in [0.2, 0.25) is 0 Å². The van der Waals surface area contributed by atoms with Gasteiger partial charge >= 0.3 is 6.18 Å². The molecular formula is C16H17F3N2O. The van der Waals surface area contributed by atoms with Gasteiger partial charge in [-0.25, -0.2) is 0 Å². The van der Waals surface area contributed by atoms with Gasteiger partial charge in [0.2, 0.25) is 0 Å². The van der Waals surface area contributed by atoms with Gasteiger partial charge in [-0.2, -0.15) is 18.3 Å². The van der Waals surface area contributed by atoms with Crippen molar-refractivity contribution in [2.75, 3.05) is 0 Å². The number of benzene rings is 1. The fraction of sp³-hybridized carbons (Fsp3) is 0.500. The highest BCUT2D eigenvalue weighted by Crippen LogP contribution is 2.41. The predicted octanol–water partition coefficient (Wildman–Crippen LogP) is 3.39. The largest absolute Gasteiger partial charge is 0.417 e. The second kappa shape index (κ2) is 4.83. The summed E-state index contributed by atoms with van der Waals surface area (Å²) in [5.41, 5.74) is 2.20. The molecule has 0 saturated heterocycles. The summed E-state index contributed by atoms with van der Waals surface area (Å²) in [5, 5.41) is 4.09. The van der Waals surface area contributed by atoms with Gasteiger partial charge in [0.05, 0.1) is 23.2 Å². The van der Waals surface area contributed by atoms with Crippen molar-refractivity contribution in [2.24, 2.45) is 16.4 Å². The Labute approximate surface area is 126 Å². The lowest BCUT2D eigenvalue weighted by molar-refractivity contribution is -0.138. The lowest BCUT2D eigenvalue weighted by Crippen LogP contribution is -2.45. The molecule has 1 N–H and O–H groups in total. The van der Waals surface area contributed by atoms with E-state index in [1.54, 1.807) is 0 Å². The smallest absolute Gasteiger partial charge is 0.306 e. The molecule has 22 heavy (non-hydrogen) atoms. The normalized spacial score (nSPS) is 27.1. The number of nitrogens with one attached hydrogen (secondary N) is 1. The molecular weight excluding hydrogens is 293 g/mol. The minimum atomic E-state index is -4.46. The summed E-state index contributed by atoms with van der Waals surface area (Å²) in [6, 6.07) is 5.09. The zero-order valence-electron chi connectivity index (χ0n) is 12.4. The van der Waals surface area contributed by atoms with Gasteiger partial charge in [-0.05, 0) is 17.9 Å². The Morgan fingerprint density at radius 2 is 1.95 bits per heavy atom. The van der Waals surface area contributed by atoms with Crippen LogP contribution in [0.15, 0.2) is 29.4 Å². The van der Waals surface area contributed by atoms with Gasteiger partial charge in [0.15, 0.2) is 0 Å². The number of halogens is 3. The zero-order valence-corrected chi connectivity index (χ0v) is 12.4. The lowest BCUT2D eigenvalue weighted by Gasteiger charge is -2.36. The summed E-state index contributed by atoms with van der Waals surface area (Å²) in [6.45, 7) is 3.98. The van der Waals surface area contributed by atoms with Crippen LogP contribution in [0.4, 0.5) is 13.2 Å². The Morgan fingerprint density at radius 1 is 1.27 bits per heavy atom. The molecule has 1 aromatic carbocycles. The minimum Gasteiger partial charge on any atom is -0.306 e. The topological polar surface area (TPSA) is 41.5 Å². The van der Waals surface area contributed by atoms with E-state index in [1.807, 2.05) is 13.8 Å². The zero-order chi connectivity index (χ0) is 16.1. The molecule has 0 unspecified atom stereocenters. The molecule has 1 aliphatic heterocycles. The van der Waals surface area contributed by atoms with E-state index in [0.29, 0.717) is 12.8 Å². The van der Waals surface area contributed by atoms with Crippen molar-refractivity contribution >= 4 is 11.5 Å². The van der Waals surface area contributed by atoms with Crippen LogP contribution in [0, 0.1) is 11.3 Å². The number of rotatable bonds is 1. The molecule has 0 spiro atoms. The quantitative estimate of drug-likeness (QED) is 0.864. The number of hydrogen-bond acceptors (Lipinski definition) is 3. The van der Waals surface area contributed by atoms with E-state index < -0.39 is 17.7 Å². The fourth-order valence-electron chi connectivity index (χ4n) is 3.46. The second-order valence-electron chi connectivity index (χ2n) is 6.77. The number of carbonyl (C=O) groups is 1. The van der Waals surface area contributed by atoms with Gasteiger partial charge in [-0.3, -0.25) is 4.79 Å². The van der Waals surface area contributed by atoms with Crippen molar-refractivity contribution < 1.29 is 18.0 Å². The number of Topliss-reactive ketones (excluding diaryl/α,β-unsaturated/α-hetero) is 1. The van der Waals surface area contributed by atoms with Crippen LogP contribution in [-0.4, -0.2) is 17.5 Å². The summed E-state index contributed by atoms with van der Waals surface area (Å²) in [5.74, 6) is -0.626. The average Bonchev–Trinajstić information content (AvgIpc) is 2.80. The highest BCUT2D eigenvalue weighted by atomic mass is 19.4. The van der Waals surface area contributed by atoms with Crippen molar-refractivity contribution in [3.05, 3.63) is 35.4 Å². The first kappa shape index (κ1) is 15.1. The first-order chi connectivity index (χ1) is 10.2. The summed E-state index contributed by atoms with van der Waals surface area (Å²) in [6.07, 6.45) is -3.39. The molecule has 118 valence electrons. The number of hydrazone groups is 1. The molecule has 1 fully saturated rings. The molecule has 1 heterocycles. The summed E-state index contributed by atoms with van der Waals surface area (Å²) < 4.78 is 39.6. The average molecular weight is 310 g/mol. The Hall–Kier alpha value is -1.85. The maximum Gasteiger partial charge on any atom is 0.417 e. The first-order valence-electron chi connectivity index (χ1n) is 7.21. The Balaban J connectivity index is 2.00. The standard InChI is InChI=1S/C16H17F3N2O/c1-15(2)7-11-13(12(22)8-15)14(21-20-11)9-5-3-4-6-10(9)16(17,18)19/h3-6,11,13,20H,7-8H2,1-2H3/t11-,13-/m1/s1. The number of nitrogens with zero attached hydrogens (tertiary/aromatic N) is 1. The minimum absolute atomic E-state index is 0.00283. The molecule has 6 heteroatoms. The van der Waals surface area contributed by atoms with Gasteiger partial charge in [-0.1, -0.05) is 32.0 Å². The van der Waals surface area contributed by atoms with Crippen molar-refractivity contribution in [1.82, 2.24) is 5.43 Å². The van der Waals surface area contributed by atoms with Crippen molar-refractivity contribution in [1.29, 1.82) is 0 Å². The van der Waals surface area contributed by atoms with E-state index in [4.69, 9.17) is 0 Å². The van der Waals surface area contributed by atoms with Gasteiger partial charge < -0.3 is 5.43 Å². The molecule has 0 amide bonds. The third-order valence-corrected chi connectivity index (χ3v) is 4.33. The van der Waals surface area contributed by atoms with E-state index in [-0.39, 0.29) is 28.5 Å². The number of alkyl halides is 3. The molecule has 0 radical (unpaired) electrons. The fourth-order valence-corrected chi connectivity index (χ4v) is 3.46. The predicted molar refractivity (Wildman–Crippen MR) is 76.4 cm³/mol. The lowest BCUT2D eigenvalue weighted by atomic mass is 9.68. The molecule has 3 nitrogen and oxygen atoms in total. The summed E-state index contributed by atoms with van der Waals surface area (Å²) >= 11 is 0. The van der Waals surface area contributed by atoms with Crippen LogP contribution in [0.5, 0.6) is 0 Å². The Morgan fingerprint density at radius 3 is 2.64 bits per heavy atom. The highest BCUT2D eigenvalue weighted by Gasteiger charge is 2.47. The molecule has 0 bridgehead atoms. The SMILES string of the molecule is CC1(C)CC(=O)[C@@H]2C(c3ccccc3C(F)(F)F)=NN[C@@H]2C1. The maximum atomic E-state index is 13.2. The summed E-state index contributed by atoms with van der Waals surface area (Å²) in [4.78, 5) is 12.4. The number of hydrogen-bond donors (Lipinski definition) is 1. The van der Waals surface area contributed by atoms with E-state index in [1.165, 1.54) is 18.2 Å². The highest BCUT2D eigenvalue weighted by molar-refractivity contribution is 6.16. The van der Waals surface area contributed by atoms with Crippen LogP contribution in [-0.2, 0) is 11.0 Å². The van der Waals surface area contributed by atoms with Crippen molar-refractivity contribution in [3.63, 3.8) is 0 Å². The number of carbonyl (C=O) groups excluding carboxylic acids is 1. The Bertz CT molecular complexity index is 649. The maximum absolute atomic E-state index is 13.2.